The van der Waals surface area contributed by atoms with Crippen LogP contribution in [0.15, 0.2) is 24.5 Å². The molecular weight excluding hydrogens is 216 g/mol. The summed E-state index contributed by atoms with van der Waals surface area (Å²) in [5.41, 5.74) is 0.922. The minimum atomic E-state index is 0.634. The molecule has 2 rings (SSSR count). The molecule has 0 atom stereocenters. The Morgan fingerprint density at radius 2 is 2.29 bits per heavy atom. The first-order chi connectivity index (χ1) is 6.79. The van der Waals surface area contributed by atoms with Crippen molar-refractivity contribution in [2.75, 3.05) is 7.11 Å². The van der Waals surface area contributed by atoms with Gasteiger partial charge in [0.15, 0.2) is 5.06 Å². The summed E-state index contributed by atoms with van der Waals surface area (Å²) in [4.78, 5) is 8.16. The van der Waals surface area contributed by atoms with Gasteiger partial charge in [-0.25, -0.2) is 0 Å². The van der Waals surface area contributed by atoms with Gasteiger partial charge in [0, 0.05) is 0 Å². The van der Waals surface area contributed by atoms with Crippen molar-refractivity contribution in [1.82, 2.24) is 9.97 Å². The molecule has 0 aliphatic heterocycles. The van der Waals surface area contributed by atoms with Gasteiger partial charge in [-0.15, -0.1) is 0 Å². The highest BCUT2D eigenvalue weighted by molar-refractivity contribution is 7.71. The first-order valence-electron chi connectivity index (χ1n) is 3.98. The van der Waals surface area contributed by atoms with Crippen LogP contribution in [0.2, 0.25) is 0 Å². The molecule has 0 spiro atoms. The standard InChI is InChI=1S/C9H8N2OS2/c1-12-9-3-2-7(14-9)6-4-10-5-8(13)11-6/h2-5H,1H3,(H,11,13). The van der Waals surface area contributed by atoms with Gasteiger partial charge < -0.3 is 9.72 Å². The van der Waals surface area contributed by atoms with Crippen molar-refractivity contribution in [3.05, 3.63) is 29.2 Å². The number of nitrogens with zero attached hydrogens (tertiary/aromatic N) is 1. The van der Waals surface area contributed by atoms with Crippen LogP contribution in [0.4, 0.5) is 0 Å². The number of rotatable bonds is 2. The van der Waals surface area contributed by atoms with E-state index in [4.69, 9.17) is 17.0 Å². The van der Waals surface area contributed by atoms with Crippen molar-refractivity contribution >= 4 is 23.6 Å². The average Bonchev–Trinajstić information content (AvgIpc) is 2.66. The van der Waals surface area contributed by atoms with Crippen LogP contribution < -0.4 is 4.74 Å². The van der Waals surface area contributed by atoms with Gasteiger partial charge in [0.1, 0.15) is 4.64 Å². The third-order valence-electron chi connectivity index (χ3n) is 1.70. The average molecular weight is 224 g/mol. The fourth-order valence-corrected chi connectivity index (χ4v) is 2.03. The zero-order valence-electron chi connectivity index (χ0n) is 7.48. The van der Waals surface area contributed by atoms with Gasteiger partial charge in [0.05, 0.1) is 30.1 Å². The van der Waals surface area contributed by atoms with Crippen LogP contribution in [0.1, 0.15) is 0 Å². The van der Waals surface area contributed by atoms with E-state index in [-0.39, 0.29) is 0 Å². The van der Waals surface area contributed by atoms with Gasteiger partial charge in [-0.3, -0.25) is 4.98 Å². The monoisotopic (exact) mass is 224 g/mol. The van der Waals surface area contributed by atoms with Gasteiger partial charge in [-0.05, 0) is 12.1 Å². The van der Waals surface area contributed by atoms with Crippen molar-refractivity contribution in [3.63, 3.8) is 0 Å². The predicted molar refractivity (Wildman–Crippen MR) is 59.3 cm³/mol. The maximum Gasteiger partial charge on any atom is 0.173 e. The predicted octanol–water partition coefficient (Wildman–Crippen LogP) is 2.88. The molecule has 3 nitrogen and oxygen atoms in total. The van der Waals surface area contributed by atoms with Crippen molar-refractivity contribution < 1.29 is 4.74 Å². The smallest absolute Gasteiger partial charge is 0.173 e. The van der Waals surface area contributed by atoms with E-state index in [9.17, 15) is 0 Å². The van der Waals surface area contributed by atoms with E-state index in [1.165, 1.54) is 0 Å². The molecule has 0 aliphatic carbocycles. The molecule has 0 saturated carbocycles. The molecule has 0 fully saturated rings. The van der Waals surface area contributed by atoms with Gasteiger partial charge in [0.25, 0.3) is 0 Å². The van der Waals surface area contributed by atoms with Crippen LogP contribution in [0.25, 0.3) is 10.6 Å². The topological polar surface area (TPSA) is 37.9 Å². The van der Waals surface area contributed by atoms with Gasteiger partial charge in [-0.1, -0.05) is 23.6 Å². The molecule has 72 valence electrons. The number of hydrogen-bond acceptors (Lipinski definition) is 4. The summed E-state index contributed by atoms with van der Waals surface area (Å²) in [6, 6.07) is 3.90. The third kappa shape index (κ3) is 1.83. The van der Waals surface area contributed by atoms with E-state index in [1.807, 2.05) is 12.1 Å². The van der Waals surface area contributed by atoms with Crippen LogP contribution >= 0.6 is 23.6 Å². The number of hydrogen-bond donors (Lipinski definition) is 1. The number of ether oxygens (including phenoxy) is 1. The molecule has 1 N–H and O–H groups in total. The summed E-state index contributed by atoms with van der Waals surface area (Å²) >= 11 is 6.54. The van der Waals surface area contributed by atoms with E-state index in [1.54, 1.807) is 30.8 Å². The second-order valence-electron chi connectivity index (χ2n) is 2.63. The van der Waals surface area contributed by atoms with E-state index in [0.29, 0.717) is 4.64 Å². The second-order valence-corrected chi connectivity index (χ2v) is 4.12. The molecule has 0 radical (unpaired) electrons. The molecule has 2 aromatic heterocycles. The minimum Gasteiger partial charge on any atom is -0.487 e. The Morgan fingerprint density at radius 1 is 1.43 bits per heavy atom. The van der Waals surface area contributed by atoms with E-state index < -0.39 is 0 Å². The van der Waals surface area contributed by atoms with Gasteiger partial charge >= 0.3 is 0 Å². The summed E-state index contributed by atoms with van der Waals surface area (Å²) < 4.78 is 5.74. The summed E-state index contributed by atoms with van der Waals surface area (Å²) in [6.07, 6.45) is 3.37. The van der Waals surface area contributed by atoms with Gasteiger partial charge in [0.2, 0.25) is 0 Å². The van der Waals surface area contributed by atoms with Crippen LogP contribution in [-0.2, 0) is 0 Å². The lowest BCUT2D eigenvalue weighted by Crippen LogP contribution is -1.82. The van der Waals surface area contributed by atoms with E-state index in [2.05, 4.69) is 9.97 Å². The Bertz CT molecular complexity index is 489. The molecule has 0 bridgehead atoms. The third-order valence-corrected chi connectivity index (χ3v) is 2.99. The number of aromatic amines is 1. The van der Waals surface area contributed by atoms with Crippen LogP contribution in [-0.4, -0.2) is 17.1 Å². The summed E-state index contributed by atoms with van der Waals surface area (Å²) in [7, 11) is 1.65. The normalized spacial score (nSPS) is 10.1. The first-order valence-corrected chi connectivity index (χ1v) is 5.20. The van der Waals surface area contributed by atoms with Gasteiger partial charge in [-0.2, -0.15) is 0 Å². The SMILES string of the molecule is COc1ccc(-c2cncc(=S)[nH]2)s1. The fraction of sp³-hybridized carbons (Fsp3) is 0.111. The van der Waals surface area contributed by atoms with Crippen molar-refractivity contribution in [2.45, 2.75) is 0 Å². The number of methoxy groups -OCH3 is 1. The molecule has 0 aromatic carbocycles. The number of aromatic nitrogens is 2. The fourth-order valence-electron chi connectivity index (χ4n) is 1.08. The molecule has 0 aliphatic rings. The lowest BCUT2D eigenvalue weighted by molar-refractivity contribution is 0.427. The zero-order valence-corrected chi connectivity index (χ0v) is 9.11. The van der Waals surface area contributed by atoms with E-state index >= 15 is 0 Å². The molecule has 2 heterocycles. The maximum atomic E-state index is 5.10. The highest BCUT2D eigenvalue weighted by atomic mass is 32.1. The van der Waals surface area contributed by atoms with Crippen LogP contribution in [0.3, 0.4) is 0 Å². The van der Waals surface area contributed by atoms with E-state index in [0.717, 1.165) is 15.6 Å². The lowest BCUT2D eigenvalue weighted by atomic mass is 10.4. The molecular formula is C9H8N2OS2. The second kappa shape index (κ2) is 3.89. The van der Waals surface area contributed by atoms with Crippen molar-refractivity contribution in [2.24, 2.45) is 0 Å². The Labute approximate surface area is 90.4 Å². The summed E-state index contributed by atoms with van der Waals surface area (Å²) in [5, 5.41) is 0.878. The Kier molecular flexibility index (Phi) is 2.60. The highest BCUT2D eigenvalue weighted by Gasteiger charge is 2.02. The van der Waals surface area contributed by atoms with Crippen LogP contribution in [0.5, 0.6) is 5.06 Å². The summed E-state index contributed by atoms with van der Waals surface area (Å²) in [6.45, 7) is 0. The molecule has 5 heteroatoms. The number of thiophene rings is 1. The maximum absolute atomic E-state index is 5.10. The largest absolute Gasteiger partial charge is 0.487 e. The Balaban J connectivity index is 2.44. The Morgan fingerprint density at radius 3 is 2.93 bits per heavy atom. The Hall–Kier alpha value is -1.20. The molecule has 0 saturated heterocycles. The van der Waals surface area contributed by atoms with Crippen molar-refractivity contribution in [1.29, 1.82) is 0 Å². The quantitative estimate of drug-likeness (QED) is 0.797. The molecule has 0 amide bonds. The van der Waals surface area contributed by atoms with Crippen LogP contribution in [0, 0.1) is 4.64 Å². The first kappa shape index (κ1) is 9.36. The minimum absolute atomic E-state index is 0.634. The number of nitrogens with one attached hydrogen (secondary N) is 1. The lowest BCUT2D eigenvalue weighted by Gasteiger charge is -1.95. The summed E-state index contributed by atoms with van der Waals surface area (Å²) in [5.74, 6) is 0. The molecule has 14 heavy (non-hydrogen) atoms. The highest BCUT2D eigenvalue weighted by Crippen LogP contribution is 2.30. The zero-order chi connectivity index (χ0) is 9.97. The van der Waals surface area contributed by atoms with Crippen molar-refractivity contribution in [3.8, 4) is 15.6 Å². The number of H-pyrrole nitrogens is 1. The molecule has 2 aromatic rings. The molecule has 0 unspecified atom stereocenters.